The number of aliphatic imine (C=N–C) groups is 1. The Bertz CT molecular complexity index is 696. The van der Waals surface area contributed by atoms with Gasteiger partial charge in [0.05, 0.1) is 13.4 Å². The smallest absolute Gasteiger partial charge is 0.211 e. The molecule has 0 saturated carbocycles. The van der Waals surface area contributed by atoms with E-state index >= 15 is 0 Å². The molecule has 0 bridgehead atoms. The highest BCUT2D eigenvalue weighted by Gasteiger charge is 2.25. The van der Waals surface area contributed by atoms with Crippen molar-refractivity contribution in [1.82, 2.24) is 14.5 Å². The Morgan fingerprint density at radius 2 is 1.92 bits per heavy atom. The van der Waals surface area contributed by atoms with Crippen molar-refractivity contribution >= 4 is 16.0 Å². The third-order valence-corrected chi connectivity index (χ3v) is 6.05. The fourth-order valence-electron chi connectivity index (χ4n) is 3.15. The van der Waals surface area contributed by atoms with Gasteiger partial charge in [0, 0.05) is 40.3 Å². The van der Waals surface area contributed by atoms with Crippen LogP contribution in [0, 0.1) is 5.92 Å². The van der Waals surface area contributed by atoms with Gasteiger partial charge in [-0.1, -0.05) is 12.1 Å². The van der Waals surface area contributed by atoms with Crippen LogP contribution in [0.1, 0.15) is 18.4 Å². The zero-order valence-electron chi connectivity index (χ0n) is 16.1. The van der Waals surface area contributed by atoms with Crippen LogP contribution in [0.15, 0.2) is 29.3 Å². The molecule has 0 radical (unpaired) electrons. The molecule has 8 heteroatoms. The number of guanidine groups is 1. The Balaban J connectivity index is 1.81. The monoisotopic (exact) mass is 382 g/mol. The standard InChI is InChI=1S/C18H30N4O3S/c1-19-18(21(2)14-16-5-7-17(25-3)8-6-16)20-13-15-9-11-22(12-10-15)26(4,23)24/h5-8,15H,9-14H2,1-4H3,(H,19,20). The molecule has 1 fully saturated rings. The van der Waals surface area contributed by atoms with Gasteiger partial charge in [0.15, 0.2) is 5.96 Å². The van der Waals surface area contributed by atoms with Crippen molar-refractivity contribution in [3.8, 4) is 5.75 Å². The maximum Gasteiger partial charge on any atom is 0.211 e. The molecule has 2 rings (SSSR count). The molecule has 26 heavy (non-hydrogen) atoms. The molecule has 0 atom stereocenters. The van der Waals surface area contributed by atoms with Gasteiger partial charge in [-0.2, -0.15) is 0 Å². The van der Waals surface area contributed by atoms with Gasteiger partial charge in [-0.05, 0) is 36.5 Å². The molecule has 0 aliphatic carbocycles. The fraction of sp³-hybridized carbons (Fsp3) is 0.611. The Morgan fingerprint density at radius 3 is 2.42 bits per heavy atom. The Labute approximate surface area is 157 Å². The second kappa shape index (κ2) is 9.23. The normalized spacial score (nSPS) is 17.2. The number of methoxy groups -OCH3 is 1. The maximum absolute atomic E-state index is 11.6. The lowest BCUT2D eigenvalue weighted by Crippen LogP contribution is -2.44. The van der Waals surface area contributed by atoms with Crippen molar-refractivity contribution in [3.63, 3.8) is 0 Å². The summed E-state index contributed by atoms with van der Waals surface area (Å²) in [6.45, 7) is 2.75. The lowest BCUT2D eigenvalue weighted by molar-refractivity contribution is 0.273. The summed E-state index contributed by atoms with van der Waals surface area (Å²) in [6, 6.07) is 8.00. The van der Waals surface area contributed by atoms with Crippen molar-refractivity contribution in [2.75, 3.05) is 47.1 Å². The molecule has 1 aromatic carbocycles. The number of rotatable bonds is 6. The first kappa shape index (κ1) is 20.5. The number of ether oxygens (including phenoxy) is 1. The average Bonchev–Trinajstić information content (AvgIpc) is 2.62. The topological polar surface area (TPSA) is 74.2 Å². The number of benzene rings is 1. The van der Waals surface area contributed by atoms with E-state index in [0.29, 0.717) is 19.0 Å². The lowest BCUT2D eigenvalue weighted by Gasteiger charge is -2.31. The molecule has 1 saturated heterocycles. The van der Waals surface area contributed by atoms with Crippen LogP contribution in [-0.4, -0.2) is 70.7 Å². The first-order valence-electron chi connectivity index (χ1n) is 8.83. The van der Waals surface area contributed by atoms with E-state index in [1.54, 1.807) is 18.5 Å². The maximum atomic E-state index is 11.6. The van der Waals surface area contributed by atoms with Crippen LogP contribution < -0.4 is 10.1 Å². The Hall–Kier alpha value is -1.80. The summed E-state index contributed by atoms with van der Waals surface area (Å²) in [5.74, 6) is 2.14. The summed E-state index contributed by atoms with van der Waals surface area (Å²) in [5, 5.41) is 3.42. The predicted molar refractivity (Wildman–Crippen MR) is 105 cm³/mol. The molecule has 7 nitrogen and oxygen atoms in total. The molecule has 0 amide bonds. The highest BCUT2D eigenvalue weighted by molar-refractivity contribution is 7.88. The average molecular weight is 383 g/mol. The number of hydrogen-bond acceptors (Lipinski definition) is 4. The van der Waals surface area contributed by atoms with Crippen LogP contribution in [0.2, 0.25) is 0 Å². The zero-order valence-corrected chi connectivity index (χ0v) is 16.9. The summed E-state index contributed by atoms with van der Waals surface area (Å²) in [6.07, 6.45) is 3.03. The van der Waals surface area contributed by atoms with E-state index in [2.05, 4.69) is 15.2 Å². The van der Waals surface area contributed by atoms with Gasteiger partial charge in [-0.15, -0.1) is 0 Å². The fourth-order valence-corrected chi connectivity index (χ4v) is 4.02. The summed E-state index contributed by atoms with van der Waals surface area (Å²) < 4.78 is 29.9. The van der Waals surface area contributed by atoms with Gasteiger partial charge < -0.3 is 15.0 Å². The van der Waals surface area contributed by atoms with Gasteiger partial charge in [0.1, 0.15) is 5.75 Å². The Morgan fingerprint density at radius 1 is 1.31 bits per heavy atom. The third-order valence-electron chi connectivity index (χ3n) is 4.74. The molecule has 1 aromatic rings. The largest absolute Gasteiger partial charge is 0.497 e. The number of nitrogens with one attached hydrogen (secondary N) is 1. The number of sulfonamides is 1. The first-order chi connectivity index (χ1) is 12.3. The van der Waals surface area contributed by atoms with Gasteiger partial charge in [-0.25, -0.2) is 12.7 Å². The van der Waals surface area contributed by atoms with Crippen molar-refractivity contribution in [3.05, 3.63) is 29.8 Å². The second-order valence-electron chi connectivity index (χ2n) is 6.74. The van der Waals surface area contributed by atoms with E-state index < -0.39 is 10.0 Å². The van der Waals surface area contributed by atoms with Crippen LogP contribution in [0.4, 0.5) is 0 Å². The number of piperidine rings is 1. The van der Waals surface area contributed by atoms with Gasteiger partial charge in [0.25, 0.3) is 0 Å². The van der Waals surface area contributed by atoms with Gasteiger partial charge in [-0.3, -0.25) is 4.99 Å². The molecule has 1 aliphatic rings. The van der Waals surface area contributed by atoms with E-state index in [1.807, 2.05) is 31.3 Å². The molecule has 0 aromatic heterocycles. The van der Waals surface area contributed by atoms with Gasteiger partial charge in [0.2, 0.25) is 10.0 Å². The molecular formula is C18H30N4O3S. The van der Waals surface area contributed by atoms with Crippen molar-refractivity contribution in [2.45, 2.75) is 19.4 Å². The minimum absolute atomic E-state index is 0.458. The lowest BCUT2D eigenvalue weighted by atomic mass is 9.98. The number of hydrogen-bond donors (Lipinski definition) is 1. The number of nitrogens with zero attached hydrogens (tertiary/aromatic N) is 3. The minimum Gasteiger partial charge on any atom is -0.497 e. The molecule has 146 valence electrons. The molecule has 1 aliphatic heterocycles. The predicted octanol–water partition coefficient (Wildman–Crippen LogP) is 1.37. The summed E-state index contributed by atoms with van der Waals surface area (Å²) >= 11 is 0. The van der Waals surface area contributed by atoms with Crippen LogP contribution >= 0.6 is 0 Å². The van der Waals surface area contributed by atoms with Crippen LogP contribution in [0.5, 0.6) is 5.75 Å². The van der Waals surface area contributed by atoms with Crippen molar-refractivity contribution in [1.29, 1.82) is 0 Å². The van der Waals surface area contributed by atoms with E-state index in [1.165, 1.54) is 11.8 Å². The van der Waals surface area contributed by atoms with Crippen LogP contribution in [-0.2, 0) is 16.6 Å². The molecule has 0 unspecified atom stereocenters. The molecule has 1 heterocycles. The zero-order chi connectivity index (χ0) is 19.2. The third kappa shape index (κ3) is 5.88. The van der Waals surface area contributed by atoms with E-state index in [9.17, 15) is 8.42 Å². The van der Waals surface area contributed by atoms with Crippen LogP contribution in [0.3, 0.4) is 0 Å². The minimum atomic E-state index is -3.07. The summed E-state index contributed by atoms with van der Waals surface area (Å²) in [5.41, 5.74) is 1.18. The van der Waals surface area contributed by atoms with Crippen molar-refractivity contribution < 1.29 is 13.2 Å². The summed E-state index contributed by atoms with van der Waals surface area (Å²) in [7, 11) is 2.38. The first-order valence-corrected chi connectivity index (χ1v) is 10.7. The highest BCUT2D eigenvalue weighted by atomic mass is 32.2. The second-order valence-corrected chi connectivity index (χ2v) is 8.72. The molecule has 0 spiro atoms. The van der Waals surface area contributed by atoms with E-state index in [-0.39, 0.29) is 0 Å². The van der Waals surface area contributed by atoms with E-state index in [0.717, 1.165) is 37.6 Å². The van der Waals surface area contributed by atoms with E-state index in [4.69, 9.17) is 4.74 Å². The highest BCUT2D eigenvalue weighted by Crippen LogP contribution is 2.18. The SMILES string of the molecule is CN=C(NCC1CCN(S(C)(=O)=O)CC1)N(C)Cc1ccc(OC)cc1. The quantitative estimate of drug-likeness (QED) is 0.594. The molecule has 1 N–H and O–H groups in total. The summed E-state index contributed by atoms with van der Waals surface area (Å²) in [4.78, 5) is 6.43. The Kier molecular flexibility index (Phi) is 7.28. The van der Waals surface area contributed by atoms with Crippen molar-refractivity contribution in [2.24, 2.45) is 10.9 Å². The van der Waals surface area contributed by atoms with Crippen LogP contribution in [0.25, 0.3) is 0 Å². The molecular weight excluding hydrogens is 352 g/mol. The van der Waals surface area contributed by atoms with Gasteiger partial charge >= 0.3 is 0 Å².